The Labute approximate surface area is 262 Å². The summed E-state index contributed by atoms with van der Waals surface area (Å²) in [6.45, 7) is 4.57. The minimum absolute atomic E-state index is 0.142. The Morgan fingerprint density at radius 3 is 1.89 bits per heavy atom. The van der Waals surface area contributed by atoms with E-state index in [4.69, 9.17) is 15.0 Å². The molecule has 0 fully saturated rings. The first-order valence-corrected chi connectivity index (χ1v) is 15.1. The fourth-order valence-electron chi connectivity index (χ4n) is 6.61. The predicted molar refractivity (Wildman–Crippen MR) is 181 cm³/mol. The van der Waals surface area contributed by atoms with Crippen LogP contribution in [0.1, 0.15) is 30.5 Å². The van der Waals surface area contributed by atoms with Crippen molar-refractivity contribution in [2.75, 3.05) is 0 Å². The summed E-state index contributed by atoms with van der Waals surface area (Å²) < 4.78 is 0. The molecule has 0 aliphatic heterocycles. The zero-order valence-corrected chi connectivity index (χ0v) is 25.0. The second-order valence-corrected chi connectivity index (χ2v) is 12.0. The lowest BCUT2D eigenvalue weighted by molar-refractivity contribution is 0.660. The molecule has 0 unspecified atom stereocenters. The van der Waals surface area contributed by atoms with Crippen LogP contribution in [0.15, 0.2) is 133 Å². The van der Waals surface area contributed by atoms with E-state index in [0.29, 0.717) is 23.0 Å². The highest BCUT2D eigenvalue weighted by Crippen LogP contribution is 2.49. The molecule has 0 amide bonds. The Morgan fingerprint density at radius 1 is 0.467 bits per heavy atom. The molecule has 0 saturated carbocycles. The standard InChI is InChI=1S/C41H28N4/c1-41(2)36-17-8-7-15-33(36)34-21-20-31(24-37(34)41)39-43-38(30-19-18-27-11-3-4-12-28(27)23-30)44-40(45-39)35-16-6-5-14-32(35)29-13-9-10-26(22-29)25-42/h3-24H,1-2H3. The molecule has 0 bridgehead atoms. The van der Waals surface area contributed by atoms with E-state index in [9.17, 15) is 5.26 Å². The van der Waals surface area contributed by atoms with E-state index in [1.165, 1.54) is 27.6 Å². The van der Waals surface area contributed by atoms with Gasteiger partial charge in [0.05, 0.1) is 11.6 Å². The molecule has 7 aromatic rings. The van der Waals surface area contributed by atoms with E-state index in [0.717, 1.165) is 33.2 Å². The summed E-state index contributed by atoms with van der Waals surface area (Å²) in [5, 5.41) is 11.9. The van der Waals surface area contributed by atoms with Gasteiger partial charge >= 0.3 is 0 Å². The average Bonchev–Trinajstić information content (AvgIpc) is 3.33. The Morgan fingerprint density at radius 2 is 1.09 bits per heavy atom. The Hall–Kier alpha value is -5.92. The Bertz CT molecular complexity index is 2330. The van der Waals surface area contributed by atoms with Crippen molar-refractivity contribution in [1.29, 1.82) is 5.26 Å². The summed E-state index contributed by atoms with van der Waals surface area (Å²) in [4.78, 5) is 15.3. The molecule has 212 valence electrons. The first-order chi connectivity index (χ1) is 22.0. The molecule has 0 N–H and O–H groups in total. The number of hydrogen-bond donors (Lipinski definition) is 0. The predicted octanol–water partition coefficient (Wildman–Crippen LogP) is 9.87. The van der Waals surface area contributed by atoms with Crippen LogP contribution in [0.2, 0.25) is 0 Å². The summed E-state index contributed by atoms with van der Waals surface area (Å²) in [6.07, 6.45) is 0. The summed E-state index contributed by atoms with van der Waals surface area (Å²) in [7, 11) is 0. The highest BCUT2D eigenvalue weighted by Gasteiger charge is 2.35. The van der Waals surface area contributed by atoms with Crippen molar-refractivity contribution in [3.8, 4) is 62.5 Å². The van der Waals surface area contributed by atoms with Gasteiger partial charge in [0.2, 0.25) is 0 Å². The van der Waals surface area contributed by atoms with Crippen LogP contribution in [0.25, 0.3) is 67.2 Å². The maximum Gasteiger partial charge on any atom is 0.164 e. The van der Waals surface area contributed by atoms with E-state index in [2.05, 4.69) is 98.8 Å². The van der Waals surface area contributed by atoms with Crippen molar-refractivity contribution in [1.82, 2.24) is 15.0 Å². The zero-order valence-electron chi connectivity index (χ0n) is 25.0. The van der Waals surface area contributed by atoms with Gasteiger partial charge in [-0.15, -0.1) is 0 Å². The van der Waals surface area contributed by atoms with Crippen molar-refractivity contribution in [2.24, 2.45) is 0 Å². The van der Waals surface area contributed by atoms with Gasteiger partial charge in [0.15, 0.2) is 17.5 Å². The van der Waals surface area contributed by atoms with Crippen LogP contribution >= 0.6 is 0 Å². The Balaban J connectivity index is 1.34. The maximum atomic E-state index is 9.57. The van der Waals surface area contributed by atoms with Gasteiger partial charge in [0, 0.05) is 22.1 Å². The van der Waals surface area contributed by atoms with Gasteiger partial charge in [-0.05, 0) is 68.4 Å². The number of nitrogens with zero attached hydrogens (tertiary/aromatic N) is 4. The highest BCUT2D eigenvalue weighted by molar-refractivity contribution is 5.88. The molecule has 1 aliphatic carbocycles. The van der Waals surface area contributed by atoms with Crippen molar-refractivity contribution in [3.05, 3.63) is 150 Å². The van der Waals surface area contributed by atoms with Crippen LogP contribution in [0, 0.1) is 11.3 Å². The van der Waals surface area contributed by atoms with Gasteiger partial charge in [-0.2, -0.15) is 5.26 Å². The largest absolute Gasteiger partial charge is 0.208 e. The second-order valence-electron chi connectivity index (χ2n) is 12.0. The number of aromatic nitrogens is 3. The number of fused-ring (bicyclic) bond motifs is 4. The summed E-state index contributed by atoms with van der Waals surface area (Å²) in [5.41, 5.74) is 10.3. The summed E-state index contributed by atoms with van der Waals surface area (Å²) in [5.74, 6) is 1.83. The molecule has 0 radical (unpaired) electrons. The molecular formula is C41H28N4. The molecule has 1 aliphatic rings. The lowest BCUT2D eigenvalue weighted by Gasteiger charge is -2.21. The normalized spacial score (nSPS) is 12.8. The fraction of sp³-hybridized carbons (Fsp3) is 0.0732. The highest BCUT2D eigenvalue weighted by atomic mass is 15.0. The number of benzene rings is 6. The third kappa shape index (κ3) is 4.49. The minimum Gasteiger partial charge on any atom is -0.208 e. The number of hydrogen-bond acceptors (Lipinski definition) is 4. The Kier molecular flexibility index (Phi) is 6.15. The molecule has 8 rings (SSSR count). The van der Waals surface area contributed by atoms with Crippen LogP contribution in [0.5, 0.6) is 0 Å². The monoisotopic (exact) mass is 576 g/mol. The van der Waals surface area contributed by atoms with Crippen LogP contribution in [-0.2, 0) is 5.41 Å². The molecule has 4 nitrogen and oxygen atoms in total. The molecule has 0 spiro atoms. The van der Waals surface area contributed by atoms with E-state index < -0.39 is 0 Å². The molecule has 4 heteroatoms. The van der Waals surface area contributed by atoms with Gasteiger partial charge in [0.25, 0.3) is 0 Å². The van der Waals surface area contributed by atoms with Crippen LogP contribution < -0.4 is 0 Å². The fourth-order valence-corrected chi connectivity index (χ4v) is 6.61. The van der Waals surface area contributed by atoms with Gasteiger partial charge in [-0.1, -0.05) is 123 Å². The molecule has 1 aromatic heterocycles. The molecule has 0 saturated heterocycles. The number of nitriles is 1. The average molecular weight is 577 g/mol. The van der Waals surface area contributed by atoms with Crippen LogP contribution in [0.3, 0.4) is 0 Å². The maximum absolute atomic E-state index is 9.57. The first kappa shape index (κ1) is 26.7. The lowest BCUT2D eigenvalue weighted by atomic mass is 9.82. The van der Waals surface area contributed by atoms with Crippen molar-refractivity contribution >= 4 is 10.8 Å². The molecular weight excluding hydrogens is 548 g/mol. The van der Waals surface area contributed by atoms with E-state index in [1.54, 1.807) is 0 Å². The third-order valence-electron chi connectivity index (χ3n) is 8.96. The third-order valence-corrected chi connectivity index (χ3v) is 8.96. The van der Waals surface area contributed by atoms with Gasteiger partial charge in [0.1, 0.15) is 0 Å². The molecule has 6 aromatic carbocycles. The van der Waals surface area contributed by atoms with Crippen LogP contribution in [0.4, 0.5) is 0 Å². The van der Waals surface area contributed by atoms with Crippen molar-refractivity contribution in [2.45, 2.75) is 19.3 Å². The van der Waals surface area contributed by atoms with E-state index in [1.807, 2.05) is 54.6 Å². The van der Waals surface area contributed by atoms with E-state index >= 15 is 0 Å². The topological polar surface area (TPSA) is 62.5 Å². The first-order valence-electron chi connectivity index (χ1n) is 15.1. The SMILES string of the molecule is CC1(C)c2ccccc2-c2ccc(-c3nc(-c4ccc5ccccc5c4)nc(-c4ccccc4-c4cccc(C#N)c4)n3)cc21. The minimum atomic E-state index is -0.142. The quantitative estimate of drug-likeness (QED) is 0.209. The van der Waals surface area contributed by atoms with Gasteiger partial charge < -0.3 is 0 Å². The molecule has 45 heavy (non-hydrogen) atoms. The van der Waals surface area contributed by atoms with Crippen LogP contribution in [-0.4, -0.2) is 15.0 Å². The number of rotatable bonds is 4. The second kappa shape index (κ2) is 10.4. The van der Waals surface area contributed by atoms with Gasteiger partial charge in [-0.25, -0.2) is 15.0 Å². The van der Waals surface area contributed by atoms with Gasteiger partial charge in [-0.3, -0.25) is 0 Å². The summed E-state index contributed by atoms with van der Waals surface area (Å²) in [6, 6.07) is 47.9. The lowest BCUT2D eigenvalue weighted by Crippen LogP contribution is -2.15. The molecule has 0 atom stereocenters. The smallest absolute Gasteiger partial charge is 0.164 e. The summed E-state index contributed by atoms with van der Waals surface area (Å²) >= 11 is 0. The van der Waals surface area contributed by atoms with Crippen molar-refractivity contribution in [3.63, 3.8) is 0 Å². The van der Waals surface area contributed by atoms with Crippen molar-refractivity contribution < 1.29 is 0 Å². The molecule has 1 heterocycles. The zero-order chi connectivity index (χ0) is 30.5. The van der Waals surface area contributed by atoms with E-state index in [-0.39, 0.29) is 5.41 Å².